The summed E-state index contributed by atoms with van der Waals surface area (Å²) in [6, 6.07) is 0. The Kier molecular flexibility index (Phi) is 148. The highest BCUT2D eigenvalue weighted by atomic mass is 16.2. The number of aliphatic hydroxyl groups excluding tert-OH is 1. The molecule has 0 radical (unpaired) electrons. The molecule has 0 rings (SSSR count). The van der Waals surface area contributed by atoms with Crippen LogP contribution in [0.5, 0.6) is 0 Å². The second-order valence-electron chi connectivity index (χ2n) is 0.100. The lowest BCUT2D eigenvalue weighted by molar-refractivity contribution is 0.503. The molecule has 4 heavy (non-hydrogen) atoms. The zero-order valence-corrected chi connectivity index (χ0v) is 2.10. The molecule has 0 aromatic rings. The fourth-order valence-corrected chi connectivity index (χ4v) is 0. The van der Waals surface area contributed by atoms with E-state index in [0.29, 0.717) is 0 Å². The van der Waals surface area contributed by atoms with Gasteiger partial charge in [-0.25, -0.2) is 0 Å². The molecule has 0 spiro atoms. The molecule has 0 heterocycles. The van der Waals surface area contributed by atoms with Crippen LogP contribution >= 0.6 is 0 Å². The van der Waals surface area contributed by atoms with Crippen LogP contribution in [0.1, 0.15) is 0 Å². The second-order valence-corrected chi connectivity index (χ2v) is 0.100. The molecule has 0 aliphatic rings. The van der Waals surface area contributed by atoms with Gasteiger partial charge in [0.25, 0.3) is 6.26 Å². The minimum atomic E-state index is 0. The van der Waals surface area contributed by atoms with Gasteiger partial charge in [-0.3, -0.25) is 0 Å². The van der Waals surface area contributed by atoms with Crippen LogP contribution in [-0.2, 0) is 0 Å². The molecule has 0 amide bonds. The summed E-state index contributed by atoms with van der Waals surface area (Å²) in [5.41, 5.74) is 0. The van der Waals surface area contributed by atoms with E-state index in [9.17, 15) is 0 Å². The molecule has 3 nitrogen and oxygen atoms in total. The van der Waals surface area contributed by atoms with Gasteiger partial charge in [0.1, 0.15) is 0 Å². The lowest BCUT2D eigenvalue weighted by atomic mass is 11.6. The quantitative estimate of drug-likeness (QED) is 0.386. The van der Waals surface area contributed by atoms with Gasteiger partial charge in [0.2, 0.25) is 0 Å². The van der Waals surface area contributed by atoms with Crippen molar-refractivity contribution >= 4 is 0 Å². The molecular weight excluding hydrogens is 56.0 g/mol. The predicted octanol–water partition coefficient (Wildman–Crippen LogP) is 0.00198. The minimum Gasteiger partial charge on any atom is -0.443 e. The number of nitrogens with zero attached hydrogens (tertiary/aromatic N) is 1. The van der Waals surface area contributed by atoms with Crippen molar-refractivity contribution in [1.29, 1.82) is 5.26 Å². The smallest absolute Gasteiger partial charge is 0.283 e. The Balaban J connectivity index is 0. The summed E-state index contributed by atoms with van der Waals surface area (Å²) in [6.07, 6.45) is 0.750. The lowest BCUT2D eigenvalue weighted by Crippen LogP contribution is -1.27. The zero-order chi connectivity index (χ0) is 2.71. The highest BCUT2D eigenvalue weighted by Gasteiger charge is 1.16. The molecule has 3 heteroatoms. The summed E-state index contributed by atoms with van der Waals surface area (Å²) < 4.78 is 0. The Bertz CT molecular complexity index is 27.5. The molecule has 0 aromatic carbocycles. The van der Waals surface area contributed by atoms with Crippen LogP contribution in [0.15, 0.2) is 0 Å². The van der Waals surface area contributed by atoms with Crippen LogP contribution < -0.4 is 6.15 Å². The summed E-state index contributed by atoms with van der Waals surface area (Å²) in [7, 11) is 0. The Morgan fingerprint density at radius 1 is 1.75 bits per heavy atom. The van der Waals surface area contributed by atoms with E-state index in [4.69, 9.17) is 10.4 Å². The molecule has 0 aromatic heterocycles. The Labute approximate surface area is 24.1 Å². The number of aliphatic hydroxyl groups is 1. The first-order valence-electron chi connectivity index (χ1n) is 0.447. The fourth-order valence-electron chi connectivity index (χ4n) is 0. The summed E-state index contributed by atoms with van der Waals surface area (Å²) >= 11 is 0. The van der Waals surface area contributed by atoms with Gasteiger partial charge in [0.15, 0.2) is 0 Å². The van der Waals surface area contributed by atoms with Crippen molar-refractivity contribution in [3.8, 4) is 6.26 Å². The van der Waals surface area contributed by atoms with E-state index >= 15 is 0 Å². The van der Waals surface area contributed by atoms with Crippen LogP contribution in [0.25, 0.3) is 0 Å². The maximum absolute atomic E-state index is 6.88. The van der Waals surface area contributed by atoms with Crippen molar-refractivity contribution in [1.82, 2.24) is 6.15 Å². The fraction of sp³-hybridized carbons (Fsp3) is 0. The van der Waals surface area contributed by atoms with E-state index in [-0.39, 0.29) is 6.15 Å². The molecule has 0 unspecified atom stereocenters. The van der Waals surface area contributed by atoms with Gasteiger partial charge in [-0.05, 0) is 0 Å². The third-order valence-electron chi connectivity index (χ3n) is 0. The molecule has 0 atom stereocenters. The normalized spacial score (nSPS) is 1.75. The lowest BCUT2D eigenvalue weighted by Gasteiger charge is -1.25. The van der Waals surface area contributed by atoms with Gasteiger partial charge >= 0.3 is 0 Å². The Hall–Kier alpha value is -0.750. The van der Waals surface area contributed by atoms with Crippen LogP contribution in [-0.4, -0.2) is 5.11 Å². The Morgan fingerprint density at radius 3 is 1.75 bits per heavy atom. The highest BCUT2D eigenvalue weighted by Crippen LogP contribution is 1.06. The van der Waals surface area contributed by atoms with Gasteiger partial charge < -0.3 is 11.3 Å². The van der Waals surface area contributed by atoms with Gasteiger partial charge in [0.05, 0.1) is 0 Å². The molecule has 0 aliphatic carbocycles. The van der Waals surface area contributed by atoms with Crippen LogP contribution in [0.3, 0.4) is 0 Å². The van der Waals surface area contributed by atoms with E-state index in [0.717, 1.165) is 6.26 Å². The Morgan fingerprint density at radius 2 is 1.75 bits per heavy atom. The molecule has 0 saturated carbocycles. The molecule has 0 aliphatic heterocycles. The average Bonchev–Trinajstić information content (AvgIpc) is 0.918. The van der Waals surface area contributed by atoms with Crippen molar-refractivity contribution in [2.24, 2.45) is 0 Å². The van der Waals surface area contributed by atoms with Crippen molar-refractivity contribution in [3.63, 3.8) is 0 Å². The largest absolute Gasteiger partial charge is 0.443 e. The first-order chi connectivity index (χ1) is 1.41. The summed E-state index contributed by atoms with van der Waals surface area (Å²) in [6.45, 7) is 0. The highest BCUT2D eigenvalue weighted by molar-refractivity contribution is 4.30. The summed E-state index contributed by atoms with van der Waals surface area (Å²) in [5.74, 6) is 0. The van der Waals surface area contributed by atoms with Crippen molar-refractivity contribution in [3.05, 3.63) is 0 Å². The molecule has 0 bridgehead atoms. The topological polar surface area (TPSA) is 79.0 Å². The summed E-state index contributed by atoms with van der Waals surface area (Å²) in [4.78, 5) is 0. The summed E-state index contributed by atoms with van der Waals surface area (Å²) in [5, 5.41) is 13.8. The van der Waals surface area contributed by atoms with E-state index in [1.165, 1.54) is 0 Å². The van der Waals surface area contributed by atoms with Crippen LogP contribution in [0, 0.1) is 11.5 Å². The van der Waals surface area contributed by atoms with Crippen molar-refractivity contribution in [2.75, 3.05) is 0 Å². The number of hydrogen-bond acceptors (Lipinski definition) is 3. The monoisotopic (exact) mass is 60.0 g/mol. The van der Waals surface area contributed by atoms with Gasteiger partial charge in [0, 0.05) is 0 Å². The predicted molar refractivity (Wildman–Crippen MR) is 12.6 cm³/mol. The van der Waals surface area contributed by atoms with Crippen molar-refractivity contribution < 1.29 is 5.11 Å². The molecular formula is CH4N2O. The zero-order valence-electron chi connectivity index (χ0n) is 2.10. The van der Waals surface area contributed by atoms with Gasteiger partial charge in [-0.15, -0.1) is 0 Å². The third-order valence-corrected chi connectivity index (χ3v) is 0. The van der Waals surface area contributed by atoms with Gasteiger partial charge in [-0.1, -0.05) is 0 Å². The van der Waals surface area contributed by atoms with Crippen molar-refractivity contribution in [2.45, 2.75) is 0 Å². The molecule has 4 N–H and O–H groups in total. The maximum atomic E-state index is 6.88. The maximum Gasteiger partial charge on any atom is 0.283 e. The van der Waals surface area contributed by atoms with Gasteiger partial charge in [-0.2, -0.15) is 5.26 Å². The average molecular weight is 60.1 g/mol. The van der Waals surface area contributed by atoms with Crippen LogP contribution in [0.2, 0.25) is 0 Å². The molecule has 0 fully saturated rings. The first-order valence-corrected chi connectivity index (χ1v) is 0.447. The number of hydrogen-bond donors (Lipinski definition) is 2. The standard InChI is InChI=1S/CHNO.H3N/c2-1-3;/h3H;1H3. The SMILES string of the molecule is N.N#CO. The van der Waals surface area contributed by atoms with E-state index in [1.807, 2.05) is 0 Å². The number of nitriles is 1. The van der Waals surface area contributed by atoms with Crippen LogP contribution in [0.4, 0.5) is 0 Å². The molecule has 0 saturated heterocycles. The third kappa shape index (κ3) is 0.139. The molecule has 24 valence electrons. The van der Waals surface area contributed by atoms with E-state index in [1.54, 1.807) is 0 Å². The second kappa shape index (κ2) is 56.2. The van der Waals surface area contributed by atoms with E-state index in [2.05, 4.69) is 0 Å². The van der Waals surface area contributed by atoms with E-state index < -0.39 is 0 Å². The first kappa shape index (κ1) is 10.5. The number of rotatable bonds is 0. The minimum absolute atomic E-state index is 0.